The van der Waals surface area contributed by atoms with Gasteiger partial charge in [-0.2, -0.15) is 0 Å². The number of methoxy groups -OCH3 is 1. The van der Waals surface area contributed by atoms with Gasteiger partial charge < -0.3 is 20.5 Å². The van der Waals surface area contributed by atoms with Crippen molar-refractivity contribution in [3.8, 4) is 5.75 Å². The Morgan fingerprint density at radius 1 is 1.32 bits per heavy atom. The van der Waals surface area contributed by atoms with Crippen molar-refractivity contribution >= 4 is 24.1 Å². The van der Waals surface area contributed by atoms with Crippen LogP contribution in [0.15, 0.2) is 42.5 Å². The highest BCUT2D eigenvalue weighted by molar-refractivity contribution is 5.85. The molecule has 28 heavy (non-hydrogen) atoms. The van der Waals surface area contributed by atoms with Crippen LogP contribution in [0, 0.1) is 17.7 Å². The van der Waals surface area contributed by atoms with Gasteiger partial charge in [0, 0.05) is 24.4 Å². The Labute approximate surface area is 170 Å². The van der Waals surface area contributed by atoms with E-state index in [2.05, 4.69) is 10.6 Å². The highest BCUT2D eigenvalue weighted by Gasteiger charge is 2.30. The SMILES string of the molecule is COc1cc(F)cc(NCc2cccc(C[C@H](C(=O)O)[C@H]3CCNC3)c2)c1.Cl. The Bertz CT molecular complexity index is 797. The molecule has 0 radical (unpaired) electrons. The molecule has 152 valence electrons. The topological polar surface area (TPSA) is 70.6 Å². The van der Waals surface area contributed by atoms with Crippen LogP contribution in [-0.4, -0.2) is 31.3 Å². The number of anilines is 1. The van der Waals surface area contributed by atoms with Crippen molar-refractivity contribution in [1.29, 1.82) is 0 Å². The van der Waals surface area contributed by atoms with Crippen molar-refractivity contribution in [3.63, 3.8) is 0 Å². The third-order valence-electron chi connectivity index (χ3n) is 5.04. The van der Waals surface area contributed by atoms with Gasteiger partial charge in [-0.3, -0.25) is 4.79 Å². The molecule has 0 aromatic heterocycles. The number of carbonyl (C=O) groups is 1. The maximum Gasteiger partial charge on any atom is 0.307 e. The molecule has 2 aromatic rings. The summed E-state index contributed by atoms with van der Waals surface area (Å²) in [7, 11) is 1.50. The quantitative estimate of drug-likeness (QED) is 0.621. The summed E-state index contributed by atoms with van der Waals surface area (Å²) < 4.78 is 18.7. The van der Waals surface area contributed by atoms with Gasteiger partial charge >= 0.3 is 5.97 Å². The molecule has 1 saturated heterocycles. The lowest BCUT2D eigenvalue weighted by molar-refractivity contribution is -0.143. The number of ether oxygens (including phenoxy) is 1. The fourth-order valence-electron chi connectivity index (χ4n) is 3.58. The van der Waals surface area contributed by atoms with E-state index >= 15 is 0 Å². The lowest BCUT2D eigenvalue weighted by Gasteiger charge is -2.19. The minimum atomic E-state index is -0.737. The Balaban J connectivity index is 0.00000280. The summed E-state index contributed by atoms with van der Waals surface area (Å²) in [5.74, 6) is -0.848. The van der Waals surface area contributed by atoms with Gasteiger partial charge in [-0.15, -0.1) is 12.4 Å². The van der Waals surface area contributed by atoms with Crippen molar-refractivity contribution in [2.24, 2.45) is 11.8 Å². The number of benzene rings is 2. The molecule has 0 saturated carbocycles. The first kappa shape index (κ1) is 22.0. The molecule has 1 aliphatic rings. The smallest absolute Gasteiger partial charge is 0.307 e. The molecule has 2 aromatic carbocycles. The van der Waals surface area contributed by atoms with Crippen LogP contribution in [0.2, 0.25) is 0 Å². The number of halogens is 2. The molecular weight excluding hydrogens is 383 g/mol. The number of carboxylic acid groups (broad SMARTS) is 1. The van der Waals surface area contributed by atoms with Crippen LogP contribution in [0.4, 0.5) is 10.1 Å². The normalized spacial score (nSPS) is 16.9. The van der Waals surface area contributed by atoms with Crippen LogP contribution in [0.25, 0.3) is 0 Å². The van der Waals surface area contributed by atoms with Crippen LogP contribution >= 0.6 is 12.4 Å². The number of carboxylic acids is 1. The Morgan fingerprint density at radius 2 is 2.11 bits per heavy atom. The Hall–Kier alpha value is -2.31. The number of rotatable bonds is 8. The fraction of sp³-hybridized carbons (Fsp3) is 0.381. The number of hydrogen-bond donors (Lipinski definition) is 3. The predicted molar refractivity (Wildman–Crippen MR) is 110 cm³/mol. The minimum Gasteiger partial charge on any atom is -0.497 e. The summed E-state index contributed by atoms with van der Waals surface area (Å²) in [6, 6.07) is 12.4. The first-order valence-corrected chi connectivity index (χ1v) is 9.15. The van der Waals surface area contributed by atoms with Gasteiger partial charge in [0.05, 0.1) is 13.0 Å². The summed E-state index contributed by atoms with van der Waals surface area (Å²) >= 11 is 0. The molecule has 7 heteroatoms. The van der Waals surface area contributed by atoms with Crippen LogP contribution in [0.5, 0.6) is 5.75 Å². The van der Waals surface area contributed by atoms with Crippen molar-refractivity contribution in [1.82, 2.24) is 5.32 Å². The zero-order valence-corrected chi connectivity index (χ0v) is 16.6. The second-order valence-electron chi connectivity index (χ2n) is 6.95. The van der Waals surface area contributed by atoms with Crippen molar-refractivity contribution in [3.05, 3.63) is 59.4 Å². The summed E-state index contributed by atoms with van der Waals surface area (Å²) in [6.07, 6.45) is 1.42. The van der Waals surface area contributed by atoms with Gasteiger partial charge in [0.15, 0.2) is 0 Å². The van der Waals surface area contributed by atoms with Gasteiger partial charge in [-0.25, -0.2) is 4.39 Å². The predicted octanol–water partition coefficient (Wildman–Crippen LogP) is 3.72. The molecule has 0 spiro atoms. The van der Waals surface area contributed by atoms with Crippen LogP contribution in [0.1, 0.15) is 17.5 Å². The average molecular weight is 409 g/mol. The summed E-state index contributed by atoms with van der Waals surface area (Å²) in [6.45, 7) is 2.16. The molecule has 1 aliphatic heterocycles. The van der Waals surface area contributed by atoms with E-state index in [4.69, 9.17) is 4.74 Å². The average Bonchev–Trinajstić information content (AvgIpc) is 3.18. The van der Waals surface area contributed by atoms with Crippen molar-refractivity contribution in [2.75, 3.05) is 25.5 Å². The minimum absolute atomic E-state index is 0. The second-order valence-corrected chi connectivity index (χ2v) is 6.95. The molecule has 0 bridgehead atoms. The first-order valence-electron chi connectivity index (χ1n) is 9.15. The monoisotopic (exact) mass is 408 g/mol. The largest absolute Gasteiger partial charge is 0.497 e. The highest BCUT2D eigenvalue weighted by atomic mass is 35.5. The van der Waals surface area contributed by atoms with Crippen molar-refractivity contribution in [2.45, 2.75) is 19.4 Å². The van der Waals surface area contributed by atoms with Gasteiger partial charge in [-0.05, 0) is 49.0 Å². The molecule has 0 unspecified atom stereocenters. The van der Waals surface area contributed by atoms with Crippen LogP contribution in [0.3, 0.4) is 0 Å². The van der Waals surface area contributed by atoms with E-state index in [9.17, 15) is 14.3 Å². The first-order chi connectivity index (χ1) is 13.0. The third kappa shape index (κ3) is 5.84. The number of aliphatic carboxylic acids is 1. The van der Waals surface area contributed by atoms with E-state index in [0.717, 1.165) is 30.6 Å². The molecule has 1 fully saturated rings. The maximum atomic E-state index is 13.6. The number of nitrogens with one attached hydrogen (secondary N) is 2. The molecule has 2 atom stereocenters. The summed E-state index contributed by atoms with van der Waals surface area (Å²) in [5, 5.41) is 16.0. The highest BCUT2D eigenvalue weighted by Crippen LogP contribution is 2.24. The second kappa shape index (κ2) is 10.3. The molecule has 5 nitrogen and oxygen atoms in total. The van der Waals surface area contributed by atoms with Gasteiger partial charge in [0.1, 0.15) is 11.6 Å². The van der Waals surface area contributed by atoms with Gasteiger partial charge in [0.2, 0.25) is 0 Å². The Kier molecular flexibility index (Phi) is 8.08. The van der Waals surface area contributed by atoms with E-state index in [-0.39, 0.29) is 30.1 Å². The summed E-state index contributed by atoms with van der Waals surface area (Å²) in [5.41, 5.74) is 2.66. The van der Waals surface area contributed by atoms with Crippen LogP contribution < -0.4 is 15.4 Å². The van der Waals surface area contributed by atoms with E-state index in [1.54, 1.807) is 6.07 Å². The molecule has 3 N–H and O–H groups in total. The lowest BCUT2D eigenvalue weighted by Crippen LogP contribution is -2.27. The lowest BCUT2D eigenvalue weighted by atomic mass is 9.86. The standard InChI is InChI=1S/C21H25FN2O3.ClH/c1-27-19-10-17(22)9-18(11-19)24-12-15-4-2-3-14(7-15)8-20(21(25)26)16-5-6-23-13-16;/h2-4,7,9-11,16,20,23-24H,5-6,8,12-13H2,1H3,(H,25,26);1H/t16-,20-;/m0./s1. The zero-order chi connectivity index (χ0) is 19.2. The Morgan fingerprint density at radius 3 is 2.79 bits per heavy atom. The van der Waals surface area contributed by atoms with E-state index in [1.165, 1.54) is 19.2 Å². The molecule has 0 aliphatic carbocycles. The van der Waals surface area contributed by atoms with E-state index < -0.39 is 5.97 Å². The van der Waals surface area contributed by atoms with Crippen LogP contribution in [-0.2, 0) is 17.8 Å². The van der Waals surface area contributed by atoms with Crippen molar-refractivity contribution < 1.29 is 19.0 Å². The molecular formula is C21H26ClFN2O3. The molecule has 1 heterocycles. The summed E-state index contributed by atoms with van der Waals surface area (Å²) in [4.78, 5) is 11.7. The maximum absolute atomic E-state index is 13.6. The van der Waals surface area contributed by atoms with Gasteiger partial charge in [0.25, 0.3) is 0 Å². The van der Waals surface area contributed by atoms with Gasteiger partial charge in [-0.1, -0.05) is 24.3 Å². The zero-order valence-electron chi connectivity index (χ0n) is 15.8. The third-order valence-corrected chi connectivity index (χ3v) is 5.04. The van der Waals surface area contributed by atoms with E-state index in [0.29, 0.717) is 24.4 Å². The molecule has 0 amide bonds. The molecule has 3 rings (SSSR count). The van der Waals surface area contributed by atoms with E-state index in [1.807, 2.05) is 24.3 Å². The fourth-order valence-corrected chi connectivity index (χ4v) is 3.58. The number of hydrogen-bond acceptors (Lipinski definition) is 4.